The first-order chi connectivity index (χ1) is 7.59. The van der Waals surface area contributed by atoms with Gasteiger partial charge < -0.3 is 10.4 Å². The Kier molecular flexibility index (Phi) is 4.38. The van der Waals surface area contributed by atoms with Gasteiger partial charge in [-0.1, -0.05) is 0 Å². The Balaban J connectivity index is 2.38. The molecule has 1 amide bonds. The van der Waals surface area contributed by atoms with Crippen molar-refractivity contribution in [1.82, 2.24) is 10.3 Å². The molecule has 0 bridgehead atoms. The molecule has 1 aromatic heterocycles. The summed E-state index contributed by atoms with van der Waals surface area (Å²) in [5.41, 5.74) is 0.169. The third-order valence-electron chi connectivity index (χ3n) is 1.84. The molecule has 16 heavy (non-hydrogen) atoms. The molecule has 0 saturated carbocycles. The van der Waals surface area contributed by atoms with Crippen LogP contribution in [0.2, 0.25) is 0 Å². The van der Waals surface area contributed by atoms with Crippen molar-refractivity contribution in [3.63, 3.8) is 0 Å². The Labute approximate surface area is 91.3 Å². The quantitative estimate of drug-likeness (QED) is 0.575. The number of carboxylic acids is 1. The fourth-order valence-electron chi connectivity index (χ4n) is 1.09. The molecule has 1 rings (SSSR count). The lowest BCUT2D eigenvalue weighted by Crippen LogP contribution is -2.25. The minimum Gasteiger partial charge on any atom is -0.481 e. The minimum absolute atomic E-state index is 0.00894. The summed E-state index contributed by atoms with van der Waals surface area (Å²) in [5.74, 6) is -2.07. The van der Waals surface area contributed by atoms with Crippen LogP contribution in [0.25, 0.3) is 0 Å². The van der Waals surface area contributed by atoms with Crippen molar-refractivity contribution in [2.75, 3.05) is 6.54 Å². The third-order valence-corrected chi connectivity index (χ3v) is 1.84. The number of carboxylic acid groups (broad SMARTS) is 1. The van der Waals surface area contributed by atoms with Gasteiger partial charge in [0.25, 0.3) is 5.91 Å². The molecule has 2 N–H and O–H groups in total. The van der Waals surface area contributed by atoms with Crippen LogP contribution >= 0.6 is 0 Å². The van der Waals surface area contributed by atoms with Gasteiger partial charge >= 0.3 is 5.97 Å². The second-order valence-corrected chi connectivity index (χ2v) is 3.12. The monoisotopic (exact) mass is 226 g/mol. The first kappa shape index (κ1) is 12.1. The highest BCUT2D eigenvalue weighted by atomic mass is 19.1. The number of amides is 1. The zero-order chi connectivity index (χ0) is 12.0. The van der Waals surface area contributed by atoms with Crippen LogP contribution in [0.5, 0.6) is 0 Å². The average molecular weight is 226 g/mol. The maximum atomic E-state index is 12.7. The van der Waals surface area contributed by atoms with Gasteiger partial charge in [-0.15, -0.1) is 0 Å². The molecule has 0 atom stereocenters. The maximum Gasteiger partial charge on any atom is 0.303 e. The van der Waals surface area contributed by atoms with Crippen molar-refractivity contribution in [1.29, 1.82) is 0 Å². The first-order valence-corrected chi connectivity index (χ1v) is 4.71. The van der Waals surface area contributed by atoms with E-state index < -0.39 is 17.8 Å². The van der Waals surface area contributed by atoms with Crippen LogP contribution < -0.4 is 5.32 Å². The van der Waals surface area contributed by atoms with Crippen LogP contribution in [0.1, 0.15) is 23.2 Å². The Hall–Kier alpha value is -1.98. The summed E-state index contributed by atoms with van der Waals surface area (Å²) in [6, 6.07) is 2.40. The topological polar surface area (TPSA) is 79.3 Å². The van der Waals surface area contributed by atoms with E-state index in [4.69, 9.17) is 5.11 Å². The molecule has 1 aromatic rings. The van der Waals surface area contributed by atoms with Gasteiger partial charge in [-0.25, -0.2) is 4.98 Å². The number of carbonyl (C=O) groups excluding carboxylic acids is 1. The fourth-order valence-corrected chi connectivity index (χ4v) is 1.09. The summed E-state index contributed by atoms with van der Waals surface area (Å²) >= 11 is 0. The summed E-state index contributed by atoms with van der Waals surface area (Å²) in [7, 11) is 0. The van der Waals surface area contributed by atoms with E-state index >= 15 is 0 Å². The molecular weight excluding hydrogens is 215 g/mol. The van der Waals surface area contributed by atoms with Crippen molar-refractivity contribution >= 4 is 11.9 Å². The molecule has 6 heteroatoms. The molecule has 86 valence electrons. The number of hydrogen-bond donors (Lipinski definition) is 2. The van der Waals surface area contributed by atoms with Crippen molar-refractivity contribution in [2.24, 2.45) is 0 Å². The minimum atomic E-state index is -0.913. The smallest absolute Gasteiger partial charge is 0.303 e. The predicted octanol–water partition coefficient (Wildman–Crippen LogP) is 0.815. The zero-order valence-electron chi connectivity index (χ0n) is 8.44. The highest BCUT2D eigenvalue weighted by Crippen LogP contribution is 2.00. The van der Waals surface area contributed by atoms with Crippen molar-refractivity contribution in [3.05, 3.63) is 29.8 Å². The number of nitrogens with one attached hydrogen (secondary N) is 1. The number of nitrogens with zero attached hydrogens (tertiary/aromatic N) is 1. The van der Waals surface area contributed by atoms with E-state index in [1.807, 2.05) is 0 Å². The number of carbonyl (C=O) groups is 2. The summed E-state index contributed by atoms with van der Waals surface area (Å²) in [6.45, 7) is 0.245. The standard InChI is InChI=1S/C10H11FN2O3/c11-8-6-7(3-5-12-8)10(16)13-4-1-2-9(14)15/h3,5-6H,1-2,4H2,(H,13,16)(H,14,15). The number of hydrogen-bond acceptors (Lipinski definition) is 3. The highest BCUT2D eigenvalue weighted by Gasteiger charge is 2.06. The molecule has 0 saturated heterocycles. The summed E-state index contributed by atoms with van der Waals surface area (Å²) in [6.07, 6.45) is 1.53. The van der Waals surface area contributed by atoms with Gasteiger partial charge in [-0.2, -0.15) is 4.39 Å². The van der Waals surface area contributed by atoms with Gasteiger partial charge in [0, 0.05) is 30.8 Å². The SMILES string of the molecule is O=C(O)CCCNC(=O)c1ccnc(F)c1. The predicted molar refractivity (Wildman–Crippen MR) is 53.4 cm³/mol. The average Bonchev–Trinajstić information content (AvgIpc) is 2.24. The Morgan fingerprint density at radius 1 is 1.50 bits per heavy atom. The molecule has 0 aliphatic rings. The van der Waals surface area contributed by atoms with Gasteiger partial charge in [0.05, 0.1) is 0 Å². The van der Waals surface area contributed by atoms with Crippen LogP contribution in [0.15, 0.2) is 18.3 Å². The summed E-state index contributed by atoms with van der Waals surface area (Å²) in [4.78, 5) is 24.9. The second kappa shape index (κ2) is 5.79. The third kappa shape index (κ3) is 4.04. The second-order valence-electron chi connectivity index (χ2n) is 3.12. The van der Waals surface area contributed by atoms with Gasteiger partial charge in [-0.3, -0.25) is 9.59 Å². The van der Waals surface area contributed by atoms with Crippen LogP contribution in [0, 0.1) is 5.95 Å². The number of aliphatic carboxylic acids is 1. The van der Waals surface area contributed by atoms with E-state index in [1.54, 1.807) is 0 Å². The normalized spacial score (nSPS) is 9.81. The van der Waals surface area contributed by atoms with Crippen LogP contribution in [0.3, 0.4) is 0 Å². The molecule has 0 spiro atoms. The molecule has 1 heterocycles. The van der Waals surface area contributed by atoms with E-state index in [0.29, 0.717) is 6.42 Å². The van der Waals surface area contributed by atoms with Gasteiger partial charge in [-0.05, 0) is 12.5 Å². The Bertz CT molecular complexity index is 395. The number of rotatable bonds is 5. The number of aromatic nitrogens is 1. The lowest BCUT2D eigenvalue weighted by Gasteiger charge is -2.03. The van der Waals surface area contributed by atoms with Crippen molar-refractivity contribution < 1.29 is 19.1 Å². The fraction of sp³-hybridized carbons (Fsp3) is 0.300. The lowest BCUT2D eigenvalue weighted by molar-refractivity contribution is -0.137. The molecule has 5 nitrogen and oxygen atoms in total. The number of pyridine rings is 1. The van der Waals surface area contributed by atoms with Gasteiger partial charge in [0.15, 0.2) is 0 Å². The molecule has 0 fully saturated rings. The zero-order valence-corrected chi connectivity index (χ0v) is 8.44. The van der Waals surface area contributed by atoms with Crippen molar-refractivity contribution in [3.8, 4) is 0 Å². The molecule has 0 radical (unpaired) electrons. The van der Waals surface area contributed by atoms with Crippen LogP contribution in [0.4, 0.5) is 4.39 Å². The molecule has 0 aliphatic carbocycles. The van der Waals surface area contributed by atoms with Crippen LogP contribution in [-0.4, -0.2) is 28.5 Å². The maximum absolute atomic E-state index is 12.7. The highest BCUT2D eigenvalue weighted by molar-refractivity contribution is 5.93. The van der Waals surface area contributed by atoms with E-state index in [-0.39, 0.29) is 18.5 Å². The first-order valence-electron chi connectivity index (χ1n) is 4.71. The van der Waals surface area contributed by atoms with E-state index in [2.05, 4.69) is 10.3 Å². The molecule has 0 aliphatic heterocycles. The Morgan fingerprint density at radius 3 is 2.88 bits per heavy atom. The van der Waals surface area contributed by atoms with Gasteiger partial charge in [0.1, 0.15) is 0 Å². The Morgan fingerprint density at radius 2 is 2.25 bits per heavy atom. The lowest BCUT2D eigenvalue weighted by atomic mass is 10.2. The van der Waals surface area contributed by atoms with Gasteiger partial charge in [0.2, 0.25) is 5.95 Å². The van der Waals surface area contributed by atoms with Crippen molar-refractivity contribution in [2.45, 2.75) is 12.8 Å². The van der Waals surface area contributed by atoms with E-state index in [9.17, 15) is 14.0 Å². The largest absolute Gasteiger partial charge is 0.481 e. The summed E-state index contributed by atoms with van der Waals surface area (Å²) < 4.78 is 12.7. The van der Waals surface area contributed by atoms with E-state index in [1.165, 1.54) is 12.3 Å². The molecule has 0 unspecified atom stereocenters. The number of halogens is 1. The molecular formula is C10H11FN2O3. The molecule has 0 aromatic carbocycles. The summed E-state index contributed by atoms with van der Waals surface area (Å²) in [5, 5.41) is 10.8. The van der Waals surface area contributed by atoms with Crippen LogP contribution in [-0.2, 0) is 4.79 Å². The van der Waals surface area contributed by atoms with E-state index in [0.717, 1.165) is 6.07 Å².